The van der Waals surface area contributed by atoms with Gasteiger partial charge in [-0.05, 0) is 0 Å². The van der Waals surface area contributed by atoms with Crippen LogP contribution in [-0.2, 0) is 6.42 Å². The smallest absolute Gasteiger partial charge is 0.355 e. The Morgan fingerprint density at radius 1 is 1.50 bits per heavy atom. The molecule has 0 fully saturated rings. The summed E-state index contributed by atoms with van der Waals surface area (Å²) in [6.07, 6.45) is 0.879. The molecule has 0 atom stereocenters. The van der Waals surface area contributed by atoms with Crippen molar-refractivity contribution in [2.45, 2.75) is 13.3 Å². The van der Waals surface area contributed by atoms with Crippen LogP contribution in [0, 0.1) is 6.07 Å². The van der Waals surface area contributed by atoms with Gasteiger partial charge in [-0.3, -0.25) is 4.79 Å². The molecule has 0 unspecified atom stereocenters. The van der Waals surface area contributed by atoms with Crippen LogP contribution in [-0.4, -0.2) is 24.9 Å². The molecular formula is C11H14KNO. The van der Waals surface area contributed by atoms with Crippen LogP contribution in [0.2, 0.25) is 0 Å². The van der Waals surface area contributed by atoms with Gasteiger partial charge in [-0.2, -0.15) is 24.3 Å². The minimum Gasteiger partial charge on any atom is -0.355 e. The van der Waals surface area contributed by atoms with Crippen LogP contribution in [0.1, 0.15) is 22.8 Å². The van der Waals surface area contributed by atoms with Crippen molar-refractivity contribution in [1.82, 2.24) is 4.90 Å². The first-order chi connectivity index (χ1) is 6.16. The van der Waals surface area contributed by atoms with Gasteiger partial charge >= 0.3 is 51.4 Å². The van der Waals surface area contributed by atoms with Crippen molar-refractivity contribution in [3.05, 3.63) is 35.4 Å². The second-order valence-electron chi connectivity index (χ2n) is 3.14. The minimum absolute atomic E-state index is 0. The molecule has 1 aromatic rings. The number of carbonyl (C=O) groups is 1. The maximum atomic E-state index is 11.6. The van der Waals surface area contributed by atoms with E-state index in [1.165, 1.54) is 0 Å². The molecular weight excluding hydrogens is 201 g/mol. The Balaban J connectivity index is 0.00000169. The first-order valence-electron chi connectivity index (χ1n) is 4.37. The third kappa shape index (κ3) is 3.48. The molecule has 0 aliphatic heterocycles. The zero-order chi connectivity index (χ0) is 9.84. The van der Waals surface area contributed by atoms with E-state index in [2.05, 4.69) is 6.07 Å². The molecule has 14 heavy (non-hydrogen) atoms. The van der Waals surface area contributed by atoms with Gasteiger partial charge in [-0.15, -0.1) is 5.56 Å². The Morgan fingerprint density at radius 2 is 2.14 bits per heavy atom. The van der Waals surface area contributed by atoms with E-state index >= 15 is 0 Å². The molecule has 0 N–H and O–H groups in total. The third-order valence-corrected chi connectivity index (χ3v) is 1.97. The monoisotopic (exact) mass is 215 g/mol. The molecule has 0 heterocycles. The van der Waals surface area contributed by atoms with Gasteiger partial charge in [-0.1, -0.05) is 18.9 Å². The molecule has 0 bridgehead atoms. The number of nitrogens with zero attached hydrogens (tertiary/aromatic N) is 1. The SMILES string of the molecule is CCc1cc[c-]cc1C(=O)N(C)C.[K+]. The fourth-order valence-electron chi connectivity index (χ4n) is 1.21. The van der Waals surface area contributed by atoms with Crippen LogP contribution < -0.4 is 51.4 Å². The van der Waals surface area contributed by atoms with Crippen LogP contribution in [0.25, 0.3) is 0 Å². The average Bonchev–Trinajstić information content (AvgIpc) is 2.16. The van der Waals surface area contributed by atoms with Crippen LogP contribution in [0.4, 0.5) is 0 Å². The van der Waals surface area contributed by atoms with Gasteiger partial charge in [0.2, 0.25) is 0 Å². The Morgan fingerprint density at radius 3 is 2.64 bits per heavy atom. The van der Waals surface area contributed by atoms with Crippen LogP contribution in [0.5, 0.6) is 0 Å². The molecule has 0 aliphatic carbocycles. The second-order valence-corrected chi connectivity index (χ2v) is 3.14. The fraction of sp³-hybridized carbons (Fsp3) is 0.364. The summed E-state index contributed by atoms with van der Waals surface area (Å²) in [4.78, 5) is 13.2. The molecule has 0 aliphatic rings. The predicted octanol–water partition coefficient (Wildman–Crippen LogP) is -1.25. The Hall–Kier alpha value is 0.326. The molecule has 0 spiro atoms. The number of amides is 1. The van der Waals surface area contributed by atoms with E-state index in [-0.39, 0.29) is 57.3 Å². The molecule has 0 aromatic heterocycles. The van der Waals surface area contributed by atoms with Crippen molar-refractivity contribution in [1.29, 1.82) is 0 Å². The van der Waals surface area contributed by atoms with Crippen molar-refractivity contribution in [2.75, 3.05) is 14.1 Å². The molecule has 70 valence electrons. The van der Waals surface area contributed by atoms with E-state index in [0.29, 0.717) is 0 Å². The molecule has 1 aromatic carbocycles. The summed E-state index contributed by atoms with van der Waals surface area (Å²) in [5, 5.41) is 0. The fourth-order valence-corrected chi connectivity index (χ4v) is 1.21. The quantitative estimate of drug-likeness (QED) is 0.446. The normalized spacial score (nSPS) is 9.07. The number of aryl methyl sites for hydroxylation is 1. The summed E-state index contributed by atoms with van der Waals surface area (Å²) >= 11 is 0. The second kappa shape index (κ2) is 6.74. The van der Waals surface area contributed by atoms with E-state index in [1.54, 1.807) is 25.1 Å². The summed E-state index contributed by atoms with van der Waals surface area (Å²) in [6.45, 7) is 2.04. The van der Waals surface area contributed by atoms with Crippen LogP contribution >= 0.6 is 0 Å². The zero-order valence-corrected chi connectivity index (χ0v) is 12.4. The molecule has 0 radical (unpaired) electrons. The Labute approximate surface area is 128 Å². The van der Waals surface area contributed by atoms with E-state index in [0.717, 1.165) is 17.5 Å². The van der Waals surface area contributed by atoms with Crippen molar-refractivity contribution in [2.24, 2.45) is 0 Å². The van der Waals surface area contributed by atoms with Crippen molar-refractivity contribution < 1.29 is 56.2 Å². The van der Waals surface area contributed by atoms with Crippen LogP contribution in [0.3, 0.4) is 0 Å². The number of rotatable bonds is 2. The maximum Gasteiger partial charge on any atom is 1.00 e. The largest absolute Gasteiger partial charge is 1.00 e. The first kappa shape index (κ1) is 14.3. The van der Waals surface area contributed by atoms with E-state index in [4.69, 9.17) is 0 Å². The van der Waals surface area contributed by atoms with Crippen molar-refractivity contribution in [3.63, 3.8) is 0 Å². The van der Waals surface area contributed by atoms with Gasteiger partial charge in [0.15, 0.2) is 5.91 Å². The maximum absolute atomic E-state index is 11.6. The van der Waals surface area contributed by atoms with Gasteiger partial charge in [0.05, 0.1) is 0 Å². The summed E-state index contributed by atoms with van der Waals surface area (Å²) < 4.78 is 0. The number of hydrogen-bond donors (Lipinski definition) is 0. The molecule has 3 heteroatoms. The zero-order valence-electron chi connectivity index (χ0n) is 9.29. The summed E-state index contributed by atoms with van der Waals surface area (Å²) in [7, 11) is 3.52. The van der Waals surface area contributed by atoms with Crippen molar-refractivity contribution in [3.8, 4) is 0 Å². The molecule has 1 rings (SSSR count). The number of benzene rings is 1. The Kier molecular flexibility index (Phi) is 6.90. The number of carbonyl (C=O) groups excluding carboxylic acids is 1. The van der Waals surface area contributed by atoms with Gasteiger partial charge in [0.1, 0.15) is 0 Å². The topological polar surface area (TPSA) is 20.3 Å². The van der Waals surface area contributed by atoms with E-state index < -0.39 is 0 Å². The summed E-state index contributed by atoms with van der Waals surface area (Å²) in [5.41, 5.74) is 1.84. The predicted molar refractivity (Wildman–Crippen MR) is 52.7 cm³/mol. The van der Waals surface area contributed by atoms with Gasteiger partial charge in [-0.25, -0.2) is 0 Å². The third-order valence-electron chi connectivity index (χ3n) is 1.97. The van der Waals surface area contributed by atoms with Crippen LogP contribution in [0.15, 0.2) is 18.2 Å². The molecule has 0 saturated carbocycles. The summed E-state index contributed by atoms with van der Waals surface area (Å²) in [6, 6.07) is 8.45. The molecule has 1 amide bonds. The van der Waals surface area contributed by atoms with Gasteiger partial charge in [0, 0.05) is 14.1 Å². The van der Waals surface area contributed by atoms with Crippen molar-refractivity contribution >= 4 is 5.91 Å². The minimum atomic E-state index is 0. The van der Waals surface area contributed by atoms with E-state index in [9.17, 15) is 4.79 Å². The van der Waals surface area contributed by atoms with E-state index in [1.807, 2.05) is 19.1 Å². The molecule has 0 saturated heterocycles. The Bertz CT molecular complexity index is 310. The first-order valence-corrected chi connectivity index (χ1v) is 4.37. The number of hydrogen-bond acceptors (Lipinski definition) is 1. The standard InChI is InChI=1S/C11H14NO.K/c1-4-9-7-5-6-8-10(9)11(13)12(2)3;/h5,7-8H,4H2,1-3H3;/q-1;+1. The summed E-state index contributed by atoms with van der Waals surface area (Å²) in [5.74, 6) is 0.0497. The average molecular weight is 215 g/mol. The van der Waals surface area contributed by atoms with Gasteiger partial charge in [0.25, 0.3) is 0 Å². The van der Waals surface area contributed by atoms with Gasteiger partial charge < -0.3 is 4.90 Å². The molecule has 2 nitrogen and oxygen atoms in total.